The number of benzene rings is 1. The van der Waals surface area contributed by atoms with Crippen molar-refractivity contribution in [3.8, 4) is 5.75 Å². The van der Waals surface area contributed by atoms with Gasteiger partial charge in [-0.3, -0.25) is 4.90 Å². The van der Waals surface area contributed by atoms with Gasteiger partial charge in [0.25, 0.3) is 0 Å². The maximum absolute atomic E-state index is 12.3. The molecule has 0 radical (unpaired) electrons. The molecule has 1 aromatic carbocycles. The first-order chi connectivity index (χ1) is 7.90. The van der Waals surface area contributed by atoms with E-state index in [2.05, 4.69) is 15.9 Å². The van der Waals surface area contributed by atoms with E-state index in [9.17, 15) is 18.3 Å². The van der Waals surface area contributed by atoms with Gasteiger partial charge in [-0.2, -0.15) is 13.2 Å². The number of rotatable bonds is 5. The van der Waals surface area contributed by atoms with Crippen LogP contribution in [0.5, 0.6) is 5.75 Å². The van der Waals surface area contributed by atoms with Crippen LogP contribution in [0.25, 0.3) is 0 Å². The smallest absolute Gasteiger partial charge is 0.401 e. The molecular weight excluding hydrogens is 299 g/mol. The molecule has 0 saturated carbocycles. The van der Waals surface area contributed by atoms with Crippen LogP contribution < -0.4 is 0 Å². The van der Waals surface area contributed by atoms with Gasteiger partial charge in [0.2, 0.25) is 0 Å². The zero-order chi connectivity index (χ0) is 12.9. The molecule has 6 heteroatoms. The van der Waals surface area contributed by atoms with Crippen LogP contribution in [0.2, 0.25) is 0 Å². The summed E-state index contributed by atoms with van der Waals surface area (Å²) in [5.74, 6) is 0.0632. The number of aromatic hydroxyl groups is 1. The van der Waals surface area contributed by atoms with Gasteiger partial charge in [-0.15, -0.1) is 0 Å². The first-order valence-electron chi connectivity index (χ1n) is 5.03. The normalized spacial score (nSPS) is 12.1. The number of phenolic OH excluding ortho intramolecular Hbond substituents is 1. The minimum absolute atomic E-state index is 0.0632. The summed E-state index contributed by atoms with van der Waals surface area (Å²) in [5, 5.41) is 9.71. The average molecular weight is 312 g/mol. The lowest BCUT2D eigenvalue weighted by Gasteiger charge is -2.22. The molecule has 2 nitrogen and oxygen atoms in total. The van der Waals surface area contributed by atoms with Crippen LogP contribution in [0.4, 0.5) is 13.2 Å². The maximum Gasteiger partial charge on any atom is 0.401 e. The second-order valence-electron chi connectivity index (χ2n) is 3.68. The molecule has 96 valence electrons. The van der Waals surface area contributed by atoms with Crippen molar-refractivity contribution < 1.29 is 18.3 Å². The third kappa shape index (κ3) is 5.93. The van der Waals surface area contributed by atoms with Crippen molar-refractivity contribution in [1.29, 1.82) is 0 Å². The summed E-state index contributed by atoms with van der Waals surface area (Å²) in [6.07, 6.45) is -4.21. The zero-order valence-electron chi connectivity index (χ0n) is 9.04. The summed E-state index contributed by atoms with van der Waals surface area (Å²) in [5.41, 5.74) is 0.662. The highest BCUT2D eigenvalue weighted by atomic mass is 79.9. The van der Waals surface area contributed by atoms with Crippen LogP contribution in [0, 0.1) is 0 Å². The molecule has 0 aliphatic carbocycles. The summed E-state index contributed by atoms with van der Waals surface area (Å²) < 4.78 is 36.9. The van der Waals surface area contributed by atoms with Crippen LogP contribution in [-0.4, -0.2) is 34.6 Å². The van der Waals surface area contributed by atoms with E-state index in [1.165, 1.54) is 17.0 Å². The molecule has 0 aliphatic rings. The molecule has 0 heterocycles. The van der Waals surface area contributed by atoms with E-state index in [-0.39, 0.29) is 12.3 Å². The molecule has 1 rings (SSSR count). The molecule has 0 amide bonds. The van der Waals surface area contributed by atoms with E-state index in [0.29, 0.717) is 17.4 Å². The van der Waals surface area contributed by atoms with Gasteiger partial charge in [0.05, 0.1) is 6.54 Å². The van der Waals surface area contributed by atoms with Crippen LogP contribution in [0.15, 0.2) is 24.3 Å². The minimum Gasteiger partial charge on any atom is -0.508 e. The van der Waals surface area contributed by atoms with E-state index in [1.54, 1.807) is 12.1 Å². The highest BCUT2D eigenvalue weighted by Crippen LogP contribution is 2.19. The number of hydrogen-bond acceptors (Lipinski definition) is 2. The molecular formula is C11H13BrF3NO. The molecule has 0 fully saturated rings. The lowest BCUT2D eigenvalue weighted by Crippen LogP contribution is -2.35. The second kappa shape index (κ2) is 6.26. The second-order valence-corrected chi connectivity index (χ2v) is 4.48. The van der Waals surface area contributed by atoms with E-state index in [4.69, 9.17) is 0 Å². The summed E-state index contributed by atoms with van der Waals surface area (Å²) in [6, 6.07) is 6.27. The molecule has 0 spiro atoms. The molecule has 1 N–H and O–H groups in total. The Morgan fingerprint density at radius 1 is 1.29 bits per heavy atom. The van der Waals surface area contributed by atoms with Gasteiger partial charge in [0.1, 0.15) is 5.75 Å². The molecule has 0 saturated heterocycles. The number of halogens is 4. The van der Waals surface area contributed by atoms with Crippen molar-refractivity contribution >= 4 is 15.9 Å². The predicted octanol–water partition coefficient (Wildman–Crippen LogP) is 3.15. The Morgan fingerprint density at radius 3 is 2.53 bits per heavy atom. The maximum atomic E-state index is 12.3. The van der Waals surface area contributed by atoms with Crippen molar-refractivity contribution in [3.63, 3.8) is 0 Å². The van der Waals surface area contributed by atoms with Crippen LogP contribution >= 0.6 is 15.9 Å². The Kier molecular flexibility index (Phi) is 5.27. The monoisotopic (exact) mass is 311 g/mol. The van der Waals surface area contributed by atoms with Gasteiger partial charge < -0.3 is 5.11 Å². The molecule has 0 unspecified atom stereocenters. The third-order valence-electron chi connectivity index (χ3n) is 2.12. The summed E-state index contributed by atoms with van der Waals surface area (Å²) in [7, 11) is 0. The van der Waals surface area contributed by atoms with Gasteiger partial charge in [0, 0.05) is 18.4 Å². The van der Waals surface area contributed by atoms with E-state index in [0.717, 1.165) is 0 Å². The minimum atomic E-state index is -4.21. The summed E-state index contributed by atoms with van der Waals surface area (Å²) in [4.78, 5) is 1.28. The van der Waals surface area contributed by atoms with Crippen molar-refractivity contribution in [1.82, 2.24) is 4.90 Å². The zero-order valence-corrected chi connectivity index (χ0v) is 10.6. The molecule has 0 aromatic heterocycles. The van der Waals surface area contributed by atoms with Crippen LogP contribution in [0.3, 0.4) is 0 Å². The summed E-state index contributed by atoms with van der Waals surface area (Å²) in [6.45, 7) is -0.483. The van der Waals surface area contributed by atoms with Gasteiger partial charge in [0.15, 0.2) is 0 Å². The third-order valence-corrected chi connectivity index (χ3v) is 2.48. The number of phenols is 1. The lowest BCUT2D eigenvalue weighted by atomic mass is 10.2. The van der Waals surface area contributed by atoms with Crippen molar-refractivity contribution in [3.05, 3.63) is 29.8 Å². The van der Waals surface area contributed by atoms with Crippen LogP contribution in [-0.2, 0) is 6.54 Å². The Labute approximate surface area is 106 Å². The number of hydrogen-bond donors (Lipinski definition) is 1. The Bertz CT molecular complexity index is 357. The van der Waals surface area contributed by atoms with E-state index < -0.39 is 12.7 Å². The van der Waals surface area contributed by atoms with Crippen molar-refractivity contribution in [2.45, 2.75) is 12.7 Å². The number of nitrogens with zero attached hydrogens (tertiary/aromatic N) is 1. The molecule has 1 aromatic rings. The number of alkyl halides is 4. The fourth-order valence-electron chi connectivity index (χ4n) is 1.50. The largest absolute Gasteiger partial charge is 0.508 e. The standard InChI is InChI=1S/C11H13BrF3NO/c12-4-5-16(8-11(13,14)15)7-9-2-1-3-10(17)6-9/h1-3,6,17H,4-5,7-8H2. The first kappa shape index (κ1) is 14.3. The highest BCUT2D eigenvalue weighted by molar-refractivity contribution is 9.09. The Morgan fingerprint density at radius 2 is 2.00 bits per heavy atom. The Balaban J connectivity index is 2.66. The fraction of sp³-hybridized carbons (Fsp3) is 0.455. The molecule has 0 aliphatic heterocycles. The fourth-order valence-corrected chi connectivity index (χ4v) is 2.00. The van der Waals surface area contributed by atoms with E-state index in [1.807, 2.05) is 0 Å². The highest BCUT2D eigenvalue weighted by Gasteiger charge is 2.30. The topological polar surface area (TPSA) is 23.5 Å². The van der Waals surface area contributed by atoms with Crippen LogP contribution in [0.1, 0.15) is 5.56 Å². The first-order valence-corrected chi connectivity index (χ1v) is 6.16. The molecule has 0 atom stereocenters. The Hall–Kier alpha value is -0.750. The molecule has 17 heavy (non-hydrogen) atoms. The van der Waals surface area contributed by atoms with E-state index >= 15 is 0 Å². The summed E-state index contributed by atoms with van der Waals surface area (Å²) >= 11 is 3.13. The van der Waals surface area contributed by atoms with Gasteiger partial charge >= 0.3 is 6.18 Å². The van der Waals surface area contributed by atoms with Gasteiger partial charge in [-0.05, 0) is 17.7 Å². The van der Waals surface area contributed by atoms with Crippen molar-refractivity contribution in [2.24, 2.45) is 0 Å². The lowest BCUT2D eigenvalue weighted by molar-refractivity contribution is -0.146. The van der Waals surface area contributed by atoms with Gasteiger partial charge in [-0.25, -0.2) is 0 Å². The SMILES string of the molecule is Oc1cccc(CN(CCBr)CC(F)(F)F)c1. The quantitative estimate of drug-likeness (QED) is 0.844. The average Bonchev–Trinajstić information content (AvgIpc) is 2.15. The molecule has 0 bridgehead atoms. The van der Waals surface area contributed by atoms with Gasteiger partial charge in [-0.1, -0.05) is 28.1 Å². The predicted molar refractivity (Wildman–Crippen MR) is 63.2 cm³/mol. The van der Waals surface area contributed by atoms with Crippen molar-refractivity contribution in [2.75, 3.05) is 18.4 Å².